The second-order valence-corrected chi connectivity index (χ2v) is 5.29. The van der Waals surface area contributed by atoms with E-state index in [2.05, 4.69) is 42.1 Å². The van der Waals surface area contributed by atoms with E-state index in [-0.39, 0.29) is 0 Å². The lowest BCUT2D eigenvalue weighted by atomic mass is 10.0. The first kappa shape index (κ1) is 12.5. The van der Waals surface area contributed by atoms with Crippen LogP contribution in [0, 0.1) is 5.92 Å². The number of nitrogens with one attached hydrogen (secondary N) is 1. The van der Waals surface area contributed by atoms with E-state index in [9.17, 15) is 0 Å². The third-order valence-corrected chi connectivity index (χ3v) is 3.42. The van der Waals surface area contributed by atoms with Crippen molar-refractivity contribution in [3.8, 4) is 0 Å². The van der Waals surface area contributed by atoms with Crippen LogP contribution in [0.25, 0.3) is 0 Å². The van der Waals surface area contributed by atoms with Crippen molar-refractivity contribution in [2.75, 3.05) is 6.54 Å². The molecule has 1 aromatic rings. The molecule has 0 radical (unpaired) electrons. The van der Waals surface area contributed by atoms with Gasteiger partial charge < -0.3 is 5.32 Å². The van der Waals surface area contributed by atoms with Gasteiger partial charge in [-0.15, -0.1) is 0 Å². The zero-order chi connectivity index (χ0) is 12.3. The summed E-state index contributed by atoms with van der Waals surface area (Å²) in [5, 5.41) is 3.58. The SMILES string of the molecule is CCNC(Cc1cc(C(C)C)ncn1)C1CC1. The molecular formula is C14H23N3. The van der Waals surface area contributed by atoms with E-state index < -0.39 is 0 Å². The molecule has 3 heteroatoms. The van der Waals surface area contributed by atoms with Crippen molar-refractivity contribution in [2.24, 2.45) is 5.92 Å². The number of nitrogens with zero attached hydrogens (tertiary/aromatic N) is 2. The Labute approximate surface area is 104 Å². The van der Waals surface area contributed by atoms with Crippen LogP contribution in [0.3, 0.4) is 0 Å². The van der Waals surface area contributed by atoms with Gasteiger partial charge >= 0.3 is 0 Å². The van der Waals surface area contributed by atoms with E-state index in [4.69, 9.17) is 0 Å². The topological polar surface area (TPSA) is 37.8 Å². The van der Waals surface area contributed by atoms with Crippen LogP contribution >= 0.6 is 0 Å². The highest BCUT2D eigenvalue weighted by atomic mass is 14.9. The molecule has 94 valence electrons. The molecular weight excluding hydrogens is 210 g/mol. The largest absolute Gasteiger partial charge is 0.314 e. The summed E-state index contributed by atoms with van der Waals surface area (Å²) >= 11 is 0. The van der Waals surface area contributed by atoms with Gasteiger partial charge in [0.25, 0.3) is 0 Å². The Bertz CT molecular complexity index is 358. The zero-order valence-electron chi connectivity index (χ0n) is 11.1. The van der Waals surface area contributed by atoms with Gasteiger partial charge in [0.2, 0.25) is 0 Å². The average Bonchev–Trinajstić information content (AvgIpc) is 3.13. The van der Waals surface area contributed by atoms with Gasteiger partial charge in [-0.25, -0.2) is 9.97 Å². The maximum Gasteiger partial charge on any atom is 0.115 e. The smallest absolute Gasteiger partial charge is 0.115 e. The van der Waals surface area contributed by atoms with E-state index in [1.54, 1.807) is 6.33 Å². The highest BCUT2D eigenvalue weighted by molar-refractivity contribution is 5.13. The Balaban J connectivity index is 2.03. The van der Waals surface area contributed by atoms with Gasteiger partial charge in [0, 0.05) is 23.9 Å². The molecule has 0 bridgehead atoms. The van der Waals surface area contributed by atoms with Crippen molar-refractivity contribution in [3.05, 3.63) is 23.8 Å². The zero-order valence-corrected chi connectivity index (χ0v) is 11.1. The predicted molar refractivity (Wildman–Crippen MR) is 70.0 cm³/mol. The average molecular weight is 233 g/mol. The number of likely N-dealkylation sites (N-methyl/N-ethyl adjacent to an activating group) is 1. The van der Waals surface area contributed by atoms with Gasteiger partial charge in [-0.2, -0.15) is 0 Å². The molecule has 0 amide bonds. The molecule has 1 aliphatic carbocycles. The van der Waals surface area contributed by atoms with E-state index in [1.807, 2.05) is 0 Å². The second-order valence-electron chi connectivity index (χ2n) is 5.29. The molecule has 2 rings (SSSR count). The van der Waals surface area contributed by atoms with Crippen LogP contribution < -0.4 is 5.32 Å². The highest BCUT2D eigenvalue weighted by Crippen LogP contribution is 2.33. The molecule has 3 nitrogen and oxygen atoms in total. The fourth-order valence-electron chi connectivity index (χ4n) is 2.23. The summed E-state index contributed by atoms with van der Waals surface area (Å²) in [6.45, 7) is 7.57. The standard InChI is InChI=1S/C14H23N3/c1-4-15-14(11-5-6-11)8-12-7-13(10(2)3)17-9-16-12/h7,9-11,14-15H,4-6,8H2,1-3H3. The van der Waals surface area contributed by atoms with Crippen molar-refractivity contribution in [3.63, 3.8) is 0 Å². The van der Waals surface area contributed by atoms with Gasteiger partial charge in [-0.3, -0.25) is 0 Å². The van der Waals surface area contributed by atoms with Crippen LogP contribution in [0.5, 0.6) is 0 Å². The molecule has 1 saturated carbocycles. The van der Waals surface area contributed by atoms with Crippen LogP contribution in [0.4, 0.5) is 0 Å². The third kappa shape index (κ3) is 3.50. The minimum Gasteiger partial charge on any atom is -0.314 e. The number of hydrogen-bond donors (Lipinski definition) is 1. The van der Waals surface area contributed by atoms with Gasteiger partial charge in [0.15, 0.2) is 0 Å². The first-order chi connectivity index (χ1) is 8.20. The molecule has 1 heterocycles. The number of rotatable bonds is 6. The van der Waals surface area contributed by atoms with Crippen molar-refractivity contribution in [1.29, 1.82) is 0 Å². The van der Waals surface area contributed by atoms with Gasteiger partial charge in [-0.05, 0) is 37.3 Å². The van der Waals surface area contributed by atoms with E-state index in [1.165, 1.54) is 18.5 Å². The van der Waals surface area contributed by atoms with Crippen molar-refractivity contribution in [2.45, 2.75) is 52.0 Å². The van der Waals surface area contributed by atoms with Crippen LogP contribution in [0.1, 0.15) is 50.9 Å². The Morgan fingerprint density at radius 1 is 1.35 bits per heavy atom. The molecule has 1 unspecified atom stereocenters. The fraction of sp³-hybridized carbons (Fsp3) is 0.714. The third-order valence-electron chi connectivity index (χ3n) is 3.42. The lowest BCUT2D eigenvalue weighted by Gasteiger charge is -2.17. The summed E-state index contributed by atoms with van der Waals surface area (Å²) in [6, 6.07) is 2.77. The summed E-state index contributed by atoms with van der Waals surface area (Å²) < 4.78 is 0. The van der Waals surface area contributed by atoms with Crippen LogP contribution in [0.2, 0.25) is 0 Å². The summed E-state index contributed by atoms with van der Waals surface area (Å²) in [6.07, 6.45) is 5.50. The van der Waals surface area contributed by atoms with Crippen molar-refractivity contribution in [1.82, 2.24) is 15.3 Å². The summed E-state index contributed by atoms with van der Waals surface area (Å²) in [5.41, 5.74) is 2.34. The lowest BCUT2D eigenvalue weighted by Crippen LogP contribution is -2.33. The Morgan fingerprint density at radius 2 is 2.12 bits per heavy atom. The van der Waals surface area contributed by atoms with Crippen LogP contribution in [-0.4, -0.2) is 22.6 Å². The molecule has 0 aliphatic heterocycles. The quantitative estimate of drug-likeness (QED) is 0.820. The van der Waals surface area contributed by atoms with Gasteiger partial charge in [0.1, 0.15) is 6.33 Å². The van der Waals surface area contributed by atoms with Crippen molar-refractivity contribution < 1.29 is 0 Å². The highest BCUT2D eigenvalue weighted by Gasteiger charge is 2.30. The first-order valence-electron chi connectivity index (χ1n) is 6.75. The maximum absolute atomic E-state index is 4.40. The molecule has 1 aromatic heterocycles. The minimum atomic E-state index is 0.482. The summed E-state index contributed by atoms with van der Waals surface area (Å²) in [5.74, 6) is 1.35. The molecule has 0 aromatic carbocycles. The van der Waals surface area contributed by atoms with E-state index in [0.717, 1.165) is 24.6 Å². The minimum absolute atomic E-state index is 0.482. The molecule has 1 atom stereocenters. The Morgan fingerprint density at radius 3 is 2.71 bits per heavy atom. The second kappa shape index (κ2) is 5.58. The first-order valence-corrected chi connectivity index (χ1v) is 6.75. The molecule has 0 spiro atoms. The molecule has 1 fully saturated rings. The van der Waals surface area contributed by atoms with E-state index in [0.29, 0.717) is 12.0 Å². The summed E-state index contributed by atoms with van der Waals surface area (Å²) in [7, 11) is 0. The Hall–Kier alpha value is -0.960. The van der Waals surface area contributed by atoms with Crippen LogP contribution in [0.15, 0.2) is 12.4 Å². The lowest BCUT2D eigenvalue weighted by molar-refractivity contribution is 0.467. The molecule has 1 aliphatic rings. The predicted octanol–water partition coefficient (Wildman–Crippen LogP) is 2.53. The normalized spacial score (nSPS) is 17.4. The van der Waals surface area contributed by atoms with Gasteiger partial charge in [-0.1, -0.05) is 20.8 Å². The van der Waals surface area contributed by atoms with Crippen LogP contribution in [-0.2, 0) is 6.42 Å². The Kier molecular flexibility index (Phi) is 4.11. The number of hydrogen-bond acceptors (Lipinski definition) is 3. The molecule has 17 heavy (non-hydrogen) atoms. The maximum atomic E-state index is 4.40. The van der Waals surface area contributed by atoms with Crippen molar-refractivity contribution >= 4 is 0 Å². The molecule has 0 saturated heterocycles. The van der Waals surface area contributed by atoms with Gasteiger partial charge in [0.05, 0.1) is 0 Å². The molecule has 1 N–H and O–H groups in total. The fourth-order valence-corrected chi connectivity index (χ4v) is 2.23. The summed E-state index contributed by atoms with van der Waals surface area (Å²) in [4.78, 5) is 8.72. The van der Waals surface area contributed by atoms with E-state index >= 15 is 0 Å². The monoisotopic (exact) mass is 233 g/mol. The number of aromatic nitrogens is 2.